The van der Waals surface area contributed by atoms with Crippen molar-refractivity contribution in [3.8, 4) is 11.8 Å². The summed E-state index contributed by atoms with van der Waals surface area (Å²) in [7, 11) is 2.94. The molecule has 3 rings (SSSR count). The van der Waals surface area contributed by atoms with Crippen molar-refractivity contribution >= 4 is 5.52 Å². The Bertz CT molecular complexity index is 773. The molecule has 0 spiro atoms. The minimum Gasteiger partial charge on any atom is -0.480 e. The highest BCUT2D eigenvalue weighted by Crippen LogP contribution is 2.29. The number of rotatable bonds is 4. The maximum Gasteiger partial charge on any atom is 0.241 e. The van der Waals surface area contributed by atoms with Crippen molar-refractivity contribution in [1.29, 1.82) is 0 Å². The SMILES string of the molecule is COc1cnc(C(O)c2cnn3ccncc23)c(OC)n1. The van der Waals surface area contributed by atoms with Gasteiger partial charge < -0.3 is 14.6 Å². The van der Waals surface area contributed by atoms with Gasteiger partial charge in [-0.2, -0.15) is 10.1 Å². The first-order chi connectivity index (χ1) is 10.2. The summed E-state index contributed by atoms with van der Waals surface area (Å²) in [5.41, 5.74) is 1.54. The zero-order valence-electron chi connectivity index (χ0n) is 11.5. The van der Waals surface area contributed by atoms with Crippen LogP contribution < -0.4 is 9.47 Å². The van der Waals surface area contributed by atoms with E-state index in [0.29, 0.717) is 17.0 Å². The van der Waals surface area contributed by atoms with Gasteiger partial charge in [-0.3, -0.25) is 4.98 Å². The molecule has 1 N–H and O–H groups in total. The summed E-state index contributed by atoms with van der Waals surface area (Å²) in [6, 6.07) is 0. The molecule has 0 aliphatic heterocycles. The van der Waals surface area contributed by atoms with Crippen molar-refractivity contribution in [2.24, 2.45) is 0 Å². The van der Waals surface area contributed by atoms with Crippen LogP contribution in [0, 0.1) is 0 Å². The van der Waals surface area contributed by atoms with Gasteiger partial charge in [0.2, 0.25) is 11.8 Å². The third kappa shape index (κ3) is 2.25. The largest absolute Gasteiger partial charge is 0.480 e. The second-order valence-corrected chi connectivity index (χ2v) is 4.22. The monoisotopic (exact) mass is 287 g/mol. The first-order valence-corrected chi connectivity index (χ1v) is 6.15. The van der Waals surface area contributed by atoms with Crippen LogP contribution in [0.4, 0.5) is 0 Å². The van der Waals surface area contributed by atoms with E-state index in [-0.39, 0.29) is 11.6 Å². The number of hydrogen-bond acceptors (Lipinski definition) is 7. The quantitative estimate of drug-likeness (QED) is 0.751. The van der Waals surface area contributed by atoms with Crippen LogP contribution in [0.2, 0.25) is 0 Å². The molecular formula is C13H13N5O3. The van der Waals surface area contributed by atoms with Gasteiger partial charge in [0.05, 0.1) is 38.3 Å². The fraction of sp³-hybridized carbons (Fsp3) is 0.231. The second kappa shape index (κ2) is 5.33. The Balaban J connectivity index is 2.07. The fourth-order valence-corrected chi connectivity index (χ4v) is 2.01. The standard InChI is InChI=1S/C13H13N5O3/c1-20-10-7-15-11(13(17-10)21-2)12(19)8-5-16-18-4-3-14-6-9(8)18/h3-7,12,19H,1-2H3. The normalized spacial score (nSPS) is 12.3. The Morgan fingerprint density at radius 3 is 2.81 bits per heavy atom. The molecule has 8 heteroatoms. The molecule has 0 radical (unpaired) electrons. The highest BCUT2D eigenvalue weighted by atomic mass is 16.5. The van der Waals surface area contributed by atoms with Crippen LogP contribution in [0.5, 0.6) is 11.8 Å². The first kappa shape index (κ1) is 13.3. The van der Waals surface area contributed by atoms with E-state index in [0.717, 1.165) is 0 Å². The maximum atomic E-state index is 10.5. The lowest BCUT2D eigenvalue weighted by Gasteiger charge is -2.12. The molecule has 1 atom stereocenters. The topological polar surface area (TPSA) is 94.7 Å². The summed E-state index contributed by atoms with van der Waals surface area (Å²) in [4.78, 5) is 12.3. The number of methoxy groups -OCH3 is 2. The molecule has 0 aromatic carbocycles. The minimum atomic E-state index is -1.03. The van der Waals surface area contributed by atoms with Crippen molar-refractivity contribution in [2.75, 3.05) is 14.2 Å². The van der Waals surface area contributed by atoms with Crippen molar-refractivity contribution in [1.82, 2.24) is 24.6 Å². The molecule has 1 unspecified atom stereocenters. The molecular weight excluding hydrogens is 274 g/mol. The Morgan fingerprint density at radius 1 is 1.19 bits per heavy atom. The Kier molecular flexibility index (Phi) is 3.36. The summed E-state index contributed by atoms with van der Waals surface area (Å²) in [6.45, 7) is 0. The number of aliphatic hydroxyl groups is 1. The molecule has 0 amide bonds. The Morgan fingerprint density at radius 2 is 2.05 bits per heavy atom. The zero-order chi connectivity index (χ0) is 14.8. The third-order valence-corrected chi connectivity index (χ3v) is 3.06. The smallest absolute Gasteiger partial charge is 0.241 e. The third-order valence-electron chi connectivity index (χ3n) is 3.06. The van der Waals surface area contributed by atoms with Crippen LogP contribution in [0.1, 0.15) is 17.4 Å². The Hall–Kier alpha value is -2.74. The summed E-state index contributed by atoms with van der Waals surface area (Å²) in [5.74, 6) is 0.509. The number of hydrogen-bond donors (Lipinski definition) is 1. The lowest BCUT2D eigenvalue weighted by atomic mass is 10.1. The molecule has 3 heterocycles. The van der Waals surface area contributed by atoms with Gasteiger partial charge in [0, 0.05) is 18.0 Å². The van der Waals surface area contributed by atoms with Crippen molar-refractivity contribution in [3.63, 3.8) is 0 Å². The van der Waals surface area contributed by atoms with Crippen LogP contribution in [0.25, 0.3) is 5.52 Å². The number of fused-ring (bicyclic) bond motifs is 1. The van der Waals surface area contributed by atoms with E-state index in [1.165, 1.54) is 20.4 Å². The van der Waals surface area contributed by atoms with Gasteiger partial charge in [-0.25, -0.2) is 9.50 Å². The molecule has 3 aromatic rings. The van der Waals surface area contributed by atoms with Crippen LogP contribution >= 0.6 is 0 Å². The van der Waals surface area contributed by atoms with Gasteiger partial charge in [0.15, 0.2) is 0 Å². The average Bonchev–Trinajstić information content (AvgIpc) is 2.97. The van der Waals surface area contributed by atoms with E-state index in [2.05, 4.69) is 20.1 Å². The van der Waals surface area contributed by atoms with E-state index in [1.54, 1.807) is 29.3 Å². The second-order valence-electron chi connectivity index (χ2n) is 4.22. The van der Waals surface area contributed by atoms with Crippen LogP contribution in [-0.4, -0.2) is 43.9 Å². The van der Waals surface area contributed by atoms with Gasteiger partial charge >= 0.3 is 0 Å². The highest BCUT2D eigenvalue weighted by Gasteiger charge is 2.22. The Labute approximate surface area is 120 Å². The van der Waals surface area contributed by atoms with E-state index >= 15 is 0 Å². The minimum absolute atomic E-state index is 0.199. The summed E-state index contributed by atoms with van der Waals surface area (Å²) in [6.07, 6.45) is 6.89. The lowest BCUT2D eigenvalue weighted by Crippen LogP contribution is -2.07. The molecule has 0 fully saturated rings. The van der Waals surface area contributed by atoms with Gasteiger partial charge in [-0.15, -0.1) is 0 Å². The molecule has 0 saturated heterocycles. The predicted molar refractivity (Wildman–Crippen MR) is 72.2 cm³/mol. The van der Waals surface area contributed by atoms with Crippen LogP contribution in [0.15, 0.2) is 31.0 Å². The van der Waals surface area contributed by atoms with Crippen molar-refractivity contribution in [3.05, 3.63) is 42.2 Å². The molecule has 0 bridgehead atoms. The number of ether oxygens (including phenoxy) is 2. The average molecular weight is 287 g/mol. The summed E-state index contributed by atoms with van der Waals surface area (Å²) in [5, 5.41) is 14.7. The van der Waals surface area contributed by atoms with E-state index in [1.807, 2.05) is 0 Å². The van der Waals surface area contributed by atoms with Crippen LogP contribution in [-0.2, 0) is 0 Å². The van der Waals surface area contributed by atoms with E-state index in [9.17, 15) is 5.11 Å². The van der Waals surface area contributed by atoms with Gasteiger partial charge in [0.25, 0.3) is 0 Å². The fourth-order valence-electron chi connectivity index (χ4n) is 2.01. The molecule has 3 aromatic heterocycles. The molecule has 108 valence electrons. The highest BCUT2D eigenvalue weighted by molar-refractivity contribution is 5.55. The van der Waals surface area contributed by atoms with Crippen LogP contribution in [0.3, 0.4) is 0 Å². The van der Waals surface area contributed by atoms with Gasteiger partial charge in [-0.05, 0) is 0 Å². The van der Waals surface area contributed by atoms with Gasteiger partial charge in [-0.1, -0.05) is 0 Å². The number of aliphatic hydroxyl groups excluding tert-OH is 1. The van der Waals surface area contributed by atoms with E-state index < -0.39 is 6.10 Å². The molecule has 0 aliphatic rings. The predicted octanol–water partition coefficient (Wildman–Crippen LogP) is 0.618. The molecule has 8 nitrogen and oxygen atoms in total. The maximum absolute atomic E-state index is 10.5. The lowest BCUT2D eigenvalue weighted by molar-refractivity contribution is 0.208. The summed E-state index contributed by atoms with van der Waals surface area (Å²) < 4.78 is 11.8. The van der Waals surface area contributed by atoms with E-state index in [4.69, 9.17) is 9.47 Å². The molecule has 0 saturated carbocycles. The van der Waals surface area contributed by atoms with Crippen molar-refractivity contribution in [2.45, 2.75) is 6.10 Å². The number of aromatic nitrogens is 5. The zero-order valence-corrected chi connectivity index (χ0v) is 11.5. The number of nitrogens with zero attached hydrogens (tertiary/aromatic N) is 5. The first-order valence-electron chi connectivity index (χ1n) is 6.15. The molecule has 0 aliphatic carbocycles. The summed E-state index contributed by atoms with van der Waals surface area (Å²) >= 11 is 0. The van der Waals surface area contributed by atoms with Gasteiger partial charge in [0.1, 0.15) is 11.8 Å². The van der Waals surface area contributed by atoms with Crippen molar-refractivity contribution < 1.29 is 14.6 Å². The molecule has 21 heavy (non-hydrogen) atoms.